The highest BCUT2D eigenvalue weighted by molar-refractivity contribution is 6.00. The lowest BCUT2D eigenvalue weighted by Gasteiger charge is -2.18. The van der Waals surface area contributed by atoms with E-state index in [1.807, 2.05) is 19.9 Å². The normalized spacial score (nSPS) is 15.9. The summed E-state index contributed by atoms with van der Waals surface area (Å²) in [5.74, 6) is -0.144. The molecule has 0 aliphatic carbocycles. The first-order valence-electron chi connectivity index (χ1n) is 6.94. The molecule has 21 heavy (non-hydrogen) atoms. The Labute approximate surface area is 122 Å². The highest BCUT2D eigenvalue weighted by Crippen LogP contribution is 2.14. The zero-order chi connectivity index (χ0) is 15.0. The third-order valence-corrected chi connectivity index (χ3v) is 3.61. The van der Waals surface area contributed by atoms with E-state index < -0.39 is 0 Å². The molecule has 1 saturated heterocycles. The van der Waals surface area contributed by atoms with Crippen molar-refractivity contribution in [1.82, 2.24) is 24.8 Å². The molecule has 0 radical (unpaired) electrons. The summed E-state index contributed by atoms with van der Waals surface area (Å²) in [7, 11) is 0. The van der Waals surface area contributed by atoms with Crippen LogP contribution in [0.3, 0.4) is 0 Å². The molecule has 7 nitrogen and oxygen atoms in total. The van der Waals surface area contributed by atoms with E-state index in [-0.39, 0.29) is 11.8 Å². The fraction of sp³-hybridized carbons (Fsp3) is 0.429. The number of carbonyl (C=O) groups excluding carboxylic acids is 2. The summed E-state index contributed by atoms with van der Waals surface area (Å²) in [6, 6.07) is 1.92. The van der Waals surface area contributed by atoms with Crippen molar-refractivity contribution in [1.29, 1.82) is 0 Å². The number of nitrogens with one attached hydrogen (secondary N) is 1. The van der Waals surface area contributed by atoms with Gasteiger partial charge in [-0.2, -0.15) is 5.10 Å². The van der Waals surface area contributed by atoms with Gasteiger partial charge in [0.05, 0.1) is 6.20 Å². The maximum Gasteiger partial charge on any atom is 0.259 e. The Morgan fingerprint density at radius 3 is 2.95 bits per heavy atom. The van der Waals surface area contributed by atoms with Crippen LogP contribution in [0, 0.1) is 13.8 Å². The van der Waals surface area contributed by atoms with Crippen molar-refractivity contribution in [2.45, 2.75) is 20.3 Å². The third-order valence-electron chi connectivity index (χ3n) is 3.61. The van der Waals surface area contributed by atoms with Crippen LogP contribution in [0.25, 0.3) is 5.65 Å². The zero-order valence-electron chi connectivity index (χ0n) is 12.1. The number of hydrogen-bond acceptors (Lipinski definition) is 4. The Balaban J connectivity index is 1.96. The molecule has 0 saturated carbocycles. The summed E-state index contributed by atoms with van der Waals surface area (Å²) >= 11 is 0. The predicted octanol–water partition coefficient (Wildman–Crippen LogP) is 0.308. The van der Waals surface area contributed by atoms with Crippen LogP contribution in [0.5, 0.6) is 0 Å². The first-order valence-corrected chi connectivity index (χ1v) is 6.94. The van der Waals surface area contributed by atoms with Gasteiger partial charge in [0.15, 0.2) is 5.65 Å². The molecule has 1 fully saturated rings. The van der Waals surface area contributed by atoms with Gasteiger partial charge >= 0.3 is 0 Å². The largest absolute Gasteiger partial charge is 0.354 e. The minimum Gasteiger partial charge on any atom is -0.354 e. The Morgan fingerprint density at radius 2 is 2.14 bits per heavy atom. The van der Waals surface area contributed by atoms with E-state index in [9.17, 15) is 9.59 Å². The number of hydrogen-bond donors (Lipinski definition) is 1. The SMILES string of the molecule is Cc1cc(C)n2ncc(C(=O)N3CCNC(=O)CC3)c2n1. The van der Waals surface area contributed by atoms with Gasteiger partial charge in [-0.1, -0.05) is 0 Å². The first-order chi connectivity index (χ1) is 10.1. The molecule has 1 N–H and O–H groups in total. The van der Waals surface area contributed by atoms with Crippen molar-refractivity contribution in [3.63, 3.8) is 0 Å². The van der Waals surface area contributed by atoms with Crippen molar-refractivity contribution >= 4 is 17.5 Å². The predicted molar refractivity (Wildman–Crippen MR) is 76.0 cm³/mol. The monoisotopic (exact) mass is 287 g/mol. The fourth-order valence-electron chi connectivity index (χ4n) is 2.56. The molecule has 0 atom stereocenters. The molecule has 2 aromatic rings. The lowest BCUT2D eigenvalue weighted by Crippen LogP contribution is -2.34. The van der Waals surface area contributed by atoms with Crippen LogP contribution < -0.4 is 5.32 Å². The molecule has 1 aliphatic heterocycles. The summed E-state index contributed by atoms with van der Waals surface area (Å²) in [6.07, 6.45) is 1.88. The maximum absolute atomic E-state index is 12.7. The molecule has 2 aromatic heterocycles. The summed E-state index contributed by atoms with van der Waals surface area (Å²) in [5, 5.41) is 7.00. The Bertz CT molecular complexity index is 721. The standard InChI is InChI=1S/C14H17N5O2/c1-9-7-10(2)19-13(17-9)11(8-16-19)14(21)18-5-3-12(20)15-4-6-18/h7-8H,3-6H2,1-2H3,(H,15,20). The second-order valence-corrected chi connectivity index (χ2v) is 5.22. The molecule has 0 aromatic carbocycles. The fourth-order valence-corrected chi connectivity index (χ4v) is 2.56. The van der Waals surface area contributed by atoms with E-state index in [1.54, 1.807) is 15.6 Å². The Kier molecular flexibility index (Phi) is 3.32. The number of fused-ring (bicyclic) bond motifs is 1. The van der Waals surface area contributed by atoms with Crippen LogP contribution in [0.1, 0.15) is 28.2 Å². The second kappa shape index (κ2) is 5.16. The quantitative estimate of drug-likeness (QED) is 0.818. The molecule has 0 bridgehead atoms. The smallest absolute Gasteiger partial charge is 0.259 e. The minimum atomic E-state index is -0.126. The third kappa shape index (κ3) is 2.46. The molecule has 1 aliphatic rings. The van der Waals surface area contributed by atoms with E-state index >= 15 is 0 Å². The van der Waals surface area contributed by atoms with Gasteiger partial charge in [-0.25, -0.2) is 9.50 Å². The Morgan fingerprint density at radius 1 is 1.33 bits per heavy atom. The van der Waals surface area contributed by atoms with Crippen molar-refractivity contribution < 1.29 is 9.59 Å². The molecule has 0 unspecified atom stereocenters. The summed E-state index contributed by atoms with van der Waals surface area (Å²) in [6.45, 7) is 5.23. The molecule has 0 spiro atoms. The molecule has 3 rings (SSSR count). The molecule has 2 amide bonds. The summed E-state index contributed by atoms with van der Waals surface area (Å²) < 4.78 is 1.67. The van der Waals surface area contributed by atoms with Gasteiger partial charge < -0.3 is 10.2 Å². The molecular formula is C14H17N5O2. The van der Waals surface area contributed by atoms with Crippen molar-refractivity contribution in [2.75, 3.05) is 19.6 Å². The zero-order valence-corrected chi connectivity index (χ0v) is 12.1. The van der Waals surface area contributed by atoms with Gasteiger partial charge in [0, 0.05) is 37.4 Å². The molecule has 7 heteroatoms. The highest BCUT2D eigenvalue weighted by atomic mass is 16.2. The van der Waals surface area contributed by atoms with Crippen LogP contribution in [0.4, 0.5) is 0 Å². The number of aryl methyl sites for hydroxylation is 2. The number of amides is 2. The van der Waals surface area contributed by atoms with E-state index in [4.69, 9.17) is 0 Å². The molecule has 3 heterocycles. The average Bonchev–Trinajstić information content (AvgIpc) is 2.73. The van der Waals surface area contributed by atoms with Gasteiger partial charge in [-0.15, -0.1) is 0 Å². The highest BCUT2D eigenvalue weighted by Gasteiger charge is 2.23. The second-order valence-electron chi connectivity index (χ2n) is 5.22. The molecular weight excluding hydrogens is 270 g/mol. The van der Waals surface area contributed by atoms with Gasteiger partial charge in [0.1, 0.15) is 5.56 Å². The summed E-state index contributed by atoms with van der Waals surface area (Å²) in [4.78, 5) is 30.1. The average molecular weight is 287 g/mol. The minimum absolute atomic E-state index is 0.0185. The van der Waals surface area contributed by atoms with E-state index in [1.165, 1.54) is 0 Å². The van der Waals surface area contributed by atoms with Gasteiger partial charge in [0.25, 0.3) is 5.91 Å². The van der Waals surface area contributed by atoms with Gasteiger partial charge in [-0.05, 0) is 19.9 Å². The van der Waals surface area contributed by atoms with Crippen LogP contribution in [0.2, 0.25) is 0 Å². The first kappa shape index (κ1) is 13.5. The van der Waals surface area contributed by atoms with E-state index in [0.717, 1.165) is 11.4 Å². The molecule has 110 valence electrons. The van der Waals surface area contributed by atoms with Gasteiger partial charge in [-0.3, -0.25) is 9.59 Å². The lowest BCUT2D eigenvalue weighted by molar-refractivity contribution is -0.120. The van der Waals surface area contributed by atoms with Crippen LogP contribution in [0.15, 0.2) is 12.3 Å². The van der Waals surface area contributed by atoms with Gasteiger partial charge in [0.2, 0.25) is 5.91 Å². The van der Waals surface area contributed by atoms with Crippen LogP contribution >= 0.6 is 0 Å². The number of nitrogens with zero attached hydrogens (tertiary/aromatic N) is 4. The van der Waals surface area contributed by atoms with E-state index in [0.29, 0.717) is 37.3 Å². The lowest BCUT2D eigenvalue weighted by atomic mass is 10.2. The number of aromatic nitrogens is 3. The van der Waals surface area contributed by atoms with Crippen molar-refractivity contribution in [3.05, 3.63) is 29.2 Å². The number of rotatable bonds is 1. The van der Waals surface area contributed by atoms with Crippen molar-refractivity contribution in [2.24, 2.45) is 0 Å². The maximum atomic E-state index is 12.7. The van der Waals surface area contributed by atoms with Crippen LogP contribution in [-0.4, -0.2) is 50.9 Å². The van der Waals surface area contributed by atoms with Crippen molar-refractivity contribution in [3.8, 4) is 0 Å². The Hall–Kier alpha value is -2.44. The van der Waals surface area contributed by atoms with Crippen LogP contribution in [-0.2, 0) is 4.79 Å². The van der Waals surface area contributed by atoms with E-state index in [2.05, 4.69) is 15.4 Å². The topological polar surface area (TPSA) is 79.6 Å². The number of carbonyl (C=O) groups is 2. The summed E-state index contributed by atoms with van der Waals surface area (Å²) in [5.41, 5.74) is 2.84.